The number of hydrogen-bond donors (Lipinski definition) is 3. The smallest absolute Gasteiger partial charge is 0.315 e. The summed E-state index contributed by atoms with van der Waals surface area (Å²) in [6, 6.07) is 2.61. The van der Waals surface area contributed by atoms with Crippen LogP contribution in [-0.2, 0) is 0 Å². The second-order valence-electron chi connectivity index (χ2n) is 5.84. The first kappa shape index (κ1) is 15.7. The minimum absolute atomic E-state index is 0.134. The van der Waals surface area contributed by atoms with Gasteiger partial charge in [0, 0.05) is 0 Å². The van der Waals surface area contributed by atoms with Gasteiger partial charge in [0.15, 0.2) is 11.6 Å². The van der Waals surface area contributed by atoms with E-state index in [1.54, 1.807) is 13.8 Å². The SMILES string of the molecule is C[C@H](NC(=O)N[C@](C)(CO)C1CC1)c1ccc(F)c(F)c1. The van der Waals surface area contributed by atoms with Gasteiger partial charge in [0.25, 0.3) is 0 Å². The second-order valence-corrected chi connectivity index (χ2v) is 5.84. The van der Waals surface area contributed by atoms with Crippen molar-refractivity contribution in [3.63, 3.8) is 0 Å². The lowest BCUT2D eigenvalue weighted by atomic mass is 9.97. The monoisotopic (exact) mass is 298 g/mol. The van der Waals surface area contributed by atoms with E-state index in [2.05, 4.69) is 10.6 Å². The van der Waals surface area contributed by atoms with Crippen molar-refractivity contribution in [1.82, 2.24) is 10.6 Å². The molecule has 1 aliphatic carbocycles. The molecule has 21 heavy (non-hydrogen) atoms. The zero-order valence-corrected chi connectivity index (χ0v) is 12.1. The average Bonchev–Trinajstić information content (AvgIpc) is 3.26. The third kappa shape index (κ3) is 3.69. The van der Waals surface area contributed by atoms with Crippen LogP contribution in [0.5, 0.6) is 0 Å². The minimum Gasteiger partial charge on any atom is -0.394 e. The lowest BCUT2D eigenvalue weighted by molar-refractivity contribution is 0.154. The molecule has 0 saturated heterocycles. The van der Waals surface area contributed by atoms with Gasteiger partial charge in [-0.1, -0.05) is 6.07 Å². The lowest BCUT2D eigenvalue weighted by Crippen LogP contribution is -2.54. The molecule has 2 amide bonds. The van der Waals surface area contributed by atoms with E-state index in [0.29, 0.717) is 5.56 Å². The van der Waals surface area contributed by atoms with Crippen LogP contribution in [-0.4, -0.2) is 23.3 Å². The van der Waals surface area contributed by atoms with Gasteiger partial charge < -0.3 is 15.7 Å². The van der Waals surface area contributed by atoms with Crippen LogP contribution in [0.4, 0.5) is 13.6 Å². The van der Waals surface area contributed by atoms with Crippen molar-refractivity contribution in [3.05, 3.63) is 35.4 Å². The largest absolute Gasteiger partial charge is 0.394 e. The Kier molecular flexibility index (Phi) is 4.46. The molecule has 1 fully saturated rings. The summed E-state index contributed by atoms with van der Waals surface area (Å²) in [6.45, 7) is 3.34. The van der Waals surface area contributed by atoms with E-state index in [9.17, 15) is 18.7 Å². The highest BCUT2D eigenvalue weighted by molar-refractivity contribution is 5.75. The zero-order valence-electron chi connectivity index (χ0n) is 12.1. The first-order valence-electron chi connectivity index (χ1n) is 7.00. The topological polar surface area (TPSA) is 61.4 Å². The molecule has 1 aromatic carbocycles. The van der Waals surface area contributed by atoms with Crippen molar-refractivity contribution >= 4 is 6.03 Å². The Balaban J connectivity index is 1.96. The van der Waals surface area contributed by atoms with Crippen molar-refractivity contribution in [2.45, 2.75) is 38.3 Å². The lowest BCUT2D eigenvalue weighted by Gasteiger charge is -2.29. The minimum atomic E-state index is -0.945. The molecule has 3 N–H and O–H groups in total. The Morgan fingerprint density at radius 1 is 1.43 bits per heavy atom. The fourth-order valence-electron chi connectivity index (χ4n) is 2.35. The molecule has 0 aliphatic heterocycles. The Hall–Kier alpha value is -1.69. The maximum atomic E-state index is 13.2. The number of carbonyl (C=O) groups excluding carboxylic acids is 1. The van der Waals surface area contributed by atoms with E-state index in [4.69, 9.17) is 0 Å². The van der Waals surface area contributed by atoms with Gasteiger partial charge in [-0.05, 0) is 50.3 Å². The van der Waals surface area contributed by atoms with Crippen LogP contribution in [0.25, 0.3) is 0 Å². The molecule has 0 unspecified atom stereocenters. The maximum Gasteiger partial charge on any atom is 0.315 e. The number of urea groups is 1. The number of hydrogen-bond acceptors (Lipinski definition) is 2. The number of benzene rings is 1. The van der Waals surface area contributed by atoms with Crippen molar-refractivity contribution in [3.8, 4) is 0 Å². The van der Waals surface area contributed by atoms with Crippen molar-refractivity contribution in [2.75, 3.05) is 6.61 Å². The number of nitrogens with one attached hydrogen (secondary N) is 2. The second kappa shape index (κ2) is 5.97. The van der Waals surface area contributed by atoms with E-state index >= 15 is 0 Å². The molecule has 4 nitrogen and oxygen atoms in total. The van der Waals surface area contributed by atoms with Crippen LogP contribution in [0.15, 0.2) is 18.2 Å². The predicted octanol–water partition coefficient (Wildman–Crippen LogP) is 2.49. The van der Waals surface area contributed by atoms with Gasteiger partial charge in [0.1, 0.15) is 0 Å². The Morgan fingerprint density at radius 2 is 2.10 bits per heavy atom. The normalized spacial score (nSPS) is 18.7. The van der Waals surface area contributed by atoms with Crippen molar-refractivity contribution in [1.29, 1.82) is 0 Å². The number of aliphatic hydroxyl groups is 1. The van der Waals surface area contributed by atoms with Crippen LogP contribution < -0.4 is 10.6 Å². The van der Waals surface area contributed by atoms with Crippen molar-refractivity contribution in [2.24, 2.45) is 5.92 Å². The van der Waals surface area contributed by atoms with E-state index in [1.165, 1.54) is 6.07 Å². The van der Waals surface area contributed by atoms with Crippen molar-refractivity contribution < 1.29 is 18.7 Å². The van der Waals surface area contributed by atoms with Crippen LogP contribution in [0.1, 0.15) is 38.3 Å². The van der Waals surface area contributed by atoms with Gasteiger partial charge in [-0.25, -0.2) is 13.6 Å². The van der Waals surface area contributed by atoms with Gasteiger partial charge in [-0.15, -0.1) is 0 Å². The van der Waals surface area contributed by atoms with Gasteiger partial charge in [-0.2, -0.15) is 0 Å². The fraction of sp³-hybridized carbons (Fsp3) is 0.533. The first-order valence-corrected chi connectivity index (χ1v) is 7.00. The molecule has 1 aromatic rings. The maximum absolute atomic E-state index is 13.2. The summed E-state index contributed by atoms with van der Waals surface area (Å²) in [4.78, 5) is 12.0. The molecule has 0 spiro atoms. The molecule has 2 rings (SSSR count). The Labute approximate surface area is 122 Å². The van der Waals surface area contributed by atoms with E-state index < -0.39 is 29.2 Å². The number of rotatable bonds is 5. The number of aliphatic hydroxyl groups excluding tert-OH is 1. The van der Waals surface area contributed by atoms with Crippen LogP contribution in [0.2, 0.25) is 0 Å². The zero-order chi connectivity index (χ0) is 15.6. The summed E-state index contributed by atoms with van der Waals surface area (Å²) in [5.41, 5.74) is -0.168. The highest BCUT2D eigenvalue weighted by Crippen LogP contribution is 2.39. The molecule has 1 saturated carbocycles. The van der Waals surface area contributed by atoms with E-state index in [0.717, 1.165) is 25.0 Å². The van der Waals surface area contributed by atoms with Gasteiger partial charge in [0.2, 0.25) is 0 Å². The van der Waals surface area contributed by atoms with Gasteiger partial charge >= 0.3 is 6.03 Å². The highest BCUT2D eigenvalue weighted by Gasteiger charge is 2.42. The standard InChI is InChI=1S/C15H20F2N2O2/c1-9(10-3-6-12(16)13(17)7-10)18-14(21)19-15(2,8-20)11-4-5-11/h3,6-7,9,11,20H,4-5,8H2,1-2H3,(H2,18,19,21)/t9-,15+/m0/s1. The summed E-state index contributed by atoms with van der Waals surface area (Å²) in [5, 5.41) is 14.9. The molecule has 6 heteroatoms. The number of halogens is 2. The summed E-state index contributed by atoms with van der Waals surface area (Å²) in [6.07, 6.45) is 1.96. The van der Waals surface area contributed by atoms with E-state index in [-0.39, 0.29) is 12.5 Å². The molecule has 2 atom stereocenters. The first-order chi connectivity index (χ1) is 9.85. The van der Waals surface area contributed by atoms with Crippen LogP contribution >= 0.6 is 0 Å². The summed E-state index contributed by atoms with van der Waals surface area (Å²) in [5.74, 6) is -1.58. The Morgan fingerprint density at radius 3 is 2.62 bits per heavy atom. The number of amides is 2. The van der Waals surface area contributed by atoms with Crippen LogP contribution in [0, 0.1) is 17.6 Å². The summed E-state index contributed by atoms with van der Waals surface area (Å²) in [7, 11) is 0. The third-order valence-electron chi connectivity index (χ3n) is 4.00. The predicted molar refractivity (Wildman–Crippen MR) is 74.7 cm³/mol. The molecule has 0 radical (unpaired) electrons. The molecule has 116 valence electrons. The Bertz CT molecular complexity index is 534. The quantitative estimate of drug-likeness (QED) is 0.782. The number of carbonyl (C=O) groups is 1. The molecule has 1 aliphatic rings. The summed E-state index contributed by atoms with van der Waals surface area (Å²) < 4.78 is 26.1. The van der Waals surface area contributed by atoms with E-state index in [1.807, 2.05) is 0 Å². The van der Waals surface area contributed by atoms with Gasteiger partial charge in [-0.3, -0.25) is 0 Å². The molecular formula is C15H20F2N2O2. The fourth-order valence-corrected chi connectivity index (χ4v) is 2.35. The highest BCUT2D eigenvalue weighted by atomic mass is 19.2. The summed E-state index contributed by atoms with van der Waals surface area (Å²) >= 11 is 0. The average molecular weight is 298 g/mol. The third-order valence-corrected chi connectivity index (χ3v) is 4.00. The molecule has 0 bridgehead atoms. The van der Waals surface area contributed by atoms with Crippen LogP contribution in [0.3, 0.4) is 0 Å². The molecule has 0 heterocycles. The van der Waals surface area contributed by atoms with Gasteiger partial charge in [0.05, 0.1) is 18.2 Å². The molecular weight excluding hydrogens is 278 g/mol. The molecule has 0 aromatic heterocycles.